The summed E-state index contributed by atoms with van der Waals surface area (Å²) in [6.07, 6.45) is 5.24. The van der Waals surface area contributed by atoms with E-state index in [0.29, 0.717) is 50.9 Å². The van der Waals surface area contributed by atoms with Crippen molar-refractivity contribution in [3.63, 3.8) is 0 Å². The van der Waals surface area contributed by atoms with Crippen LogP contribution >= 0.6 is 11.8 Å². The Labute approximate surface area is 189 Å². The van der Waals surface area contributed by atoms with Crippen molar-refractivity contribution in [2.45, 2.75) is 43.0 Å². The summed E-state index contributed by atoms with van der Waals surface area (Å²) in [4.78, 5) is 15.4. The summed E-state index contributed by atoms with van der Waals surface area (Å²) in [5.41, 5.74) is 0. The average molecular weight is 470 g/mol. The maximum Gasteiger partial charge on any atom is 0.282 e. The molecule has 1 amide bonds. The van der Waals surface area contributed by atoms with Gasteiger partial charge in [-0.3, -0.25) is 4.79 Å². The Morgan fingerprint density at radius 3 is 2.45 bits per heavy atom. The van der Waals surface area contributed by atoms with Gasteiger partial charge in [0.2, 0.25) is 5.91 Å². The number of nitrogens with zero attached hydrogens (tertiary/aromatic N) is 3. The molecule has 1 saturated heterocycles. The molecule has 1 aromatic rings. The zero-order valence-electron chi connectivity index (χ0n) is 18.0. The molecule has 0 spiro atoms. The van der Waals surface area contributed by atoms with E-state index in [0.717, 1.165) is 36.3 Å². The second-order valence-corrected chi connectivity index (χ2v) is 11.2. The molecule has 10 heteroatoms. The number of hydrogen-bond donors (Lipinski definition) is 0. The highest BCUT2D eigenvalue weighted by Gasteiger charge is 2.35. The maximum absolute atomic E-state index is 13.0. The molecule has 1 aliphatic carbocycles. The molecule has 0 atom stereocenters. The number of fused-ring (bicyclic) bond motifs is 1. The van der Waals surface area contributed by atoms with Gasteiger partial charge < -0.3 is 14.4 Å². The van der Waals surface area contributed by atoms with Crippen molar-refractivity contribution in [1.82, 2.24) is 13.5 Å². The Hall–Kier alpha value is -1.49. The van der Waals surface area contributed by atoms with E-state index < -0.39 is 10.2 Å². The van der Waals surface area contributed by atoms with Gasteiger partial charge in [0.25, 0.3) is 10.2 Å². The predicted molar refractivity (Wildman–Crippen MR) is 120 cm³/mol. The van der Waals surface area contributed by atoms with E-state index in [1.807, 2.05) is 18.2 Å². The van der Waals surface area contributed by atoms with Crippen molar-refractivity contribution in [2.75, 3.05) is 52.2 Å². The van der Waals surface area contributed by atoms with Gasteiger partial charge in [-0.1, -0.05) is 19.3 Å². The minimum absolute atomic E-state index is 0.0255. The summed E-state index contributed by atoms with van der Waals surface area (Å²) in [5, 5.41) is 0. The van der Waals surface area contributed by atoms with E-state index in [4.69, 9.17) is 9.47 Å². The SMILES string of the molecule is CN(C1CCCCC1)S(=O)(=O)N1CCN(C(=O)CSc2ccc3c(c2)OCCO3)CC1. The van der Waals surface area contributed by atoms with Crippen molar-refractivity contribution < 1.29 is 22.7 Å². The molecule has 1 saturated carbocycles. The zero-order valence-corrected chi connectivity index (χ0v) is 19.6. The van der Waals surface area contributed by atoms with Crippen LogP contribution in [0.3, 0.4) is 0 Å². The van der Waals surface area contributed by atoms with Crippen molar-refractivity contribution in [2.24, 2.45) is 0 Å². The molecule has 0 aromatic heterocycles. The predicted octanol–water partition coefficient (Wildman–Crippen LogP) is 2.20. The maximum atomic E-state index is 13.0. The fourth-order valence-corrected chi connectivity index (χ4v) is 6.74. The average Bonchev–Trinajstić information content (AvgIpc) is 2.82. The van der Waals surface area contributed by atoms with Crippen LogP contribution in [0.15, 0.2) is 23.1 Å². The molecule has 0 unspecified atom stereocenters. The van der Waals surface area contributed by atoms with Gasteiger partial charge in [-0.2, -0.15) is 17.0 Å². The Morgan fingerprint density at radius 2 is 1.74 bits per heavy atom. The van der Waals surface area contributed by atoms with Gasteiger partial charge >= 0.3 is 0 Å². The Morgan fingerprint density at radius 1 is 1.06 bits per heavy atom. The minimum atomic E-state index is -3.48. The van der Waals surface area contributed by atoms with Crippen LogP contribution in [-0.2, 0) is 15.0 Å². The molecular formula is C21H31N3O5S2. The molecule has 2 heterocycles. The van der Waals surface area contributed by atoms with E-state index in [9.17, 15) is 13.2 Å². The number of piperazine rings is 1. The minimum Gasteiger partial charge on any atom is -0.486 e. The van der Waals surface area contributed by atoms with Crippen LogP contribution in [0.4, 0.5) is 0 Å². The van der Waals surface area contributed by atoms with Gasteiger partial charge in [-0.05, 0) is 31.0 Å². The van der Waals surface area contributed by atoms with Crippen LogP contribution in [0.25, 0.3) is 0 Å². The molecule has 0 N–H and O–H groups in total. The zero-order chi connectivity index (χ0) is 21.8. The Bertz CT molecular complexity index is 881. The topological polar surface area (TPSA) is 79.4 Å². The van der Waals surface area contributed by atoms with E-state index in [1.54, 1.807) is 16.3 Å². The quantitative estimate of drug-likeness (QED) is 0.595. The normalized spacial score (nSPS) is 20.8. The van der Waals surface area contributed by atoms with Crippen LogP contribution in [0.1, 0.15) is 32.1 Å². The smallest absolute Gasteiger partial charge is 0.282 e. The number of ether oxygens (including phenoxy) is 2. The number of thioether (sulfide) groups is 1. The van der Waals surface area contributed by atoms with Crippen molar-refractivity contribution >= 4 is 27.9 Å². The summed E-state index contributed by atoms with van der Waals surface area (Å²) in [6.45, 7) is 2.63. The second kappa shape index (κ2) is 9.97. The highest BCUT2D eigenvalue weighted by atomic mass is 32.2. The Balaban J connectivity index is 1.26. The molecule has 1 aromatic carbocycles. The van der Waals surface area contributed by atoms with Crippen LogP contribution in [0, 0.1) is 0 Å². The van der Waals surface area contributed by atoms with E-state index in [1.165, 1.54) is 22.5 Å². The number of benzene rings is 1. The fourth-order valence-electron chi connectivity index (χ4n) is 4.33. The van der Waals surface area contributed by atoms with E-state index in [-0.39, 0.29) is 11.9 Å². The first-order valence-electron chi connectivity index (χ1n) is 11.0. The molecule has 3 aliphatic rings. The van der Waals surface area contributed by atoms with Gasteiger partial charge in [0.15, 0.2) is 11.5 Å². The van der Waals surface area contributed by atoms with Crippen molar-refractivity contribution in [1.29, 1.82) is 0 Å². The summed E-state index contributed by atoms with van der Waals surface area (Å²) in [7, 11) is -1.78. The van der Waals surface area contributed by atoms with Crippen LogP contribution in [-0.4, -0.2) is 86.1 Å². The Kier molecular flexibility index (Phi) is 7.30. The third kappa shape index (κ3) is 5.30. The lowest BCUT2D eigenvalue weighted by Gasteiger charge is -2.38. The van der Waals surface area contributed by atoms with Crippen LogP contribution in [0.5, 0.6) is 11.5 Å². The van der Waals surface area contributed by atoms with Crippen molar-refractivity contribution in [3.05, 3.63) is 18.2 Å². The lowest BCUT2D eigenvalue weighted by atomic mass is 9.96. The summed E-state index contributed by atoms with van der Waals surface area (Å²) in [5.74, 6) is 1.79. The third-order valence-corrected chi connectivity index (χ3v) is 9.27. The first-order valence-corrected chi connectivity index (χ1v) is 13.4. The lowest BCUT2D eigenvalue weighted by Crippen LogP contribution is -2.55. The van der Waals surface area contributed by atoms with Gasteiger partial charge in [-0.15, -0.1) is 11.8 Å². The number of carbonyl (C=O) groups excluding carboxylic acids is 1. The number of hydrogen-bond acceptors (Lipinski definition) is 6. The van der Waals surface area contributed by atoms with Gasteiger partial charge in [0.05, 0.1) is 5.75 Å². The summed E-state index contributed by atoms with van der Waals surface area (Å²) >= 11 is 1.46. The molecule has 2 aliphatic heterocycles. The van der Waals surface area contributed by atoms with Gasteiger partial charge in [0, 0.05) is 44.2 Å². The monoisotopic (exact) mass is 469 g/mol. The molecule has 31 heavy (non-hydrogen) atoms. The van der Waals surface area contributed by atoms with E-state index in [2.05, 4.69) is 0 Å². The second-order valence-electron chi connectivity index (χ2n) is 8.19. The molecule has 4 rings (SSSR count). The molecular weight excluding hydrogens is 438 g/mol. The standard InChI is InChI=1S/C21H31N3O5S2/c1-22(17-5-3-2-4-6-17)31(26,27)24-11-9-23(10-12-24)21(25)16-30-18-7-8-19-20(15-18)29-14-13-28-19/h7-8,15,17H,2-6,9-14,16H2,1H3. The third-order valence-electron chi connectivity index (χ3n) is 6.25. The highest BCUT2D eigenvalue weighted by molar-refractivity contribution is 8.00. The van der Waals surface area contributed by atoms with Crippen LogP contribution < -0.4 is 9.47 Å². The first-order chi connectivity index (χ1) is 14.9. The summed E-state index contributed by atoms with van der Waals surface area (Å²) < 4.78 is 40.2. The summed E-state index contributed by atoms with van der Waals surface area (Å²) in [6, 6.07) is 5.80. The lowest BCUT2D eigenvalue weighted by molar-refractivity contribution is -0.129. The highest BCUT2D eigenvalue weighted by Crippen LogP contribution is 2.34. The number of carbonyl (C=O) groups is 1. The molecule has 172 valence electrons. The molecule has 2 fully saturated rings. The van der Waals surface area contributed by atoms with E-state index >= 15 is 0 Å². The number of rotatable bonds is 6. The number of amides is 1. The largest absolute Gasteiger partial charge is 0.486 e. The molecule has 8 nitrogen and oxygen atoms in total. The molecule has 0 radical (unpaired) electrons. The van der Waals surface area contributed by atoms with Crippen molar-refractivity contribution in [3.8, 4) is 11.5 Å². The van der Waals surface area contributed by atoms with Gasteiger partial charge in [-0.25, -0.2) is 0 Å². The van der Waals surface area contributed by atoms with Gasteiger partial charge in [0.1, 0.15) is 13.2 Å². The molecule has 0 bridgehead atoms. The first kappa shape index (κ1) is 22.7. The fraction of sp³-hybridized carbons (Fsp3) is 0.667. The van der Waals surface area contributed by atoms with Crippen LogP contribution in [0.2, 0.25) is 0 Å².